The topological polar surface area (TPSA) is 115 Å². The van der Waals surface area contributed by atoms with Crippen molar-refractivity contribution >= 4 is 54.1 Å². The Labute approximate surface area is 182 Å². The largest absolute Gasteiger partial charge is 0.493 e. The molecule has 0 aliphatic carbocycles. The molecule has 13 heteroatoms. The Hall–Kier alpha value is -2.93. The lowest BCUT2D eigenvalue weighted by molar-refractivity contribution is -0.137. The molecular weight excluding hydrogens is 505 g/mol. The van der Waals surface area contributed by atoms with E-state index in [-0.39, 0.29) is 17.3 Å². The maximum atomic E-state index is 13.0. The first kappa shape index (κ1) is 22.7. The summed E-state index contributed by atoms with van der Waals surface area (Å²) < 4.78 is 64.3. The molecular formula is C18H14BrF3N4O4S. The Kier molecular flexibility index (Phi) is 6.09. The fraction of sp³-hybridized carbons (Fsp3) is 0.167. The number of halogens is 4. The summed E-state index contributed by atoms with van der Waals surface area (Å²) in [6.45, 7) is -0.879. The van der Waals surface area contributed by atoms with Crippen LogP contribution in [-0.4, -0.2) is 37.2 Å². The van der Waals surface area contributed by atoms with E-state index in [1.54, 1.807) is 18.2 Å². The zero-order valence-corrected chi connectivity index (χ0v) is 18.1. The number of azo groups is 1. The lowest BCUT2D eigenvalue weighted by atomic mass is 10.2. The maximum absolute atomic E-state index is 13.0. The van der Waals surface area contributed by atoms with Crippen molar-refractivity contribution < 1.29 is 31.5 Å². The van der Waals surface area contributed by atoms with Crippen LogP contribution in [0.1, 0.15) is 5.56 Å². The number of hydrogen-bond acceptors (Lipinski definition) is 5. The maximum Gasteiger partial charge on any atom is 0.416 e. The molecule has 2 aromatic carbocycles. The molecule has 8 nitrogen and oxygen atoms in total. The third-order valence-electron chi connectivity index (χ3n) is 4.12. The SMILES string of the molecule is CS(=O)(=O)N(CC(=O)N=Nc1c(O)[nH]c2ccc(Br)cc12)c1cccc(C(F)(F)F)c1. The predicted octanol–water partition coefficient (Wildman–Crippen LogP) is 4.73. The molecule has 0 aliphatic rings. The highest BCUT2D eigenvalue weighted by Crippen LogP contribution is 2.37. The Morgan fingerprint density at radius 3 is 2.58 bits per heavy atom. The molecule has 0 radical (unpaired) electrons. The first-order chi connectivity index (χ1) is 14.4. The third-order valence-corrected chi connectivity index (χ3v) is 5.75. The normalized spacial score (nSPS) is 12.5. The average Bonchev–Trinajstić information content (AvgIpc) is 2.97. The molecule has 0 fully saturated rings. The Morgan fingerprint density at radius 1 is 1.23 bits per heavy atom. The van der Waals surface area contributed by atoms with Crippen LogP contribution in [0.4, 0.5) is 24.5 Å². The van der Waals surface area contributed by atoms with Gasteiger partial charge < -0.3 is 10.1 Å². The zero-order valence-electron chi connectivity index (χ0n) is 15.7. The highest BCUT2D eigenvalue weighted by molar-refractivity contribution is 9.10. The van der Waals surface area contributed by atoms with Crippen molar-refractivity contribution in [1.29, 1.82) is 0 Å². The molecule has 164 valence electrons. The number of hydrogen-bond donors (Lipinski definition) is 2. The third kappa shape index (κ3) is 5.22. The smallest absolute Gasteiger partial charge is 0.416 e. The van der Waals surface area contributed by atoms with E-state index < -0.39 is 34.2 Å². The van der Waals surface area contributed by atoms with E-state index in [0.717, 1.165) is 24.5 Å². The molecule has 0 aliphatic heterocycles. The van der Waals surface area contributed by atoms with E-state index in [1.807, 2.05) is 0 Å². The first-order valence-electron chi connectivity index (χ1n) is 8.46. The fourth-order valence-corrected chi connectivity index (χ4v) is 3.94. The van der Waals surface area contributed by atoms with Gasteiger partial charge in [-0.2, -0.15) is 13.2 Å². The van der Waals surface area contributed by atoms with Crippen molar-refractivity contribution in [3.8, 4) is 5.88 Å². The predicted molar refractivity (Wildman–Crippen MR) is 111 cm³/mol. The van der Waals surface area contributed by atoms with Crippen LogP contribution >= 0.6 is 15.9 Å². The summed E-state index contributed by atoms with van der Waals surface area (Å²) in [6.07, 6.45) is -3.94. The molecule has 0 saturated heterocycles. The molecule has 0 unspecified atom stereocenters. The highest BCUT2D eigenvalue weighted by Gasteiger charge is 2.32. The number of anilines is 1. The van der Waals surface area contributed by atoms with Crippen LogP contribution in [0, 0.1) is 0 Å². The Morgan fingerprint density at radius 2 is 1.94 bits per heavy atom. The number of nitrogens with one attached hydrogen (secondary N) is 1. The van der Waals surface area contributed by atoms with Crippen molar-refractivity contribution in [1.82, 2.24) is 4.98 Å². The van der Waals surface area contributed by atoms with Crippen molar-refractivity contribution in [2.24, 2.45) is 10.2 Å². The number of H-pyrrole nitrogens is 1. The van der Waals surface area contributed by atoms with Crippen molar-refractivity contribution in [2.45, 2.75) is 6.18 Å². The van der Waals surface area contributed by atoms with E-state index in [2.05, 4.69) is 31.1 Å². The molecule has 1 amide bonds. The average molecular weight is 519 g/mol. The molecule has 31 heavy (non-hydrogen) atoms. The van der Waals surface area contributed by atoms with E-state index >= 15 is 0 Å². The summed E-state index contributed by atoms with van der Waals surface area (Å²) in [5, 5.41) is 17.5. The van der Waals surface area contributed by atoms with Crippen LogP contribution in [-0.2, 0) is 21.0 Å². The lowest BCUT2D eigenvalue weighted by Crippen LogP contribution is -2.34. The number of carbonyl (C=O) groups excluding carboxylic acids is 1. The lowest BCUT2D eigenvalue weighted by Gasteiger charge is -2.21. The number of carbonyl (C=O) groups is 1. The van der Waals surface area contributed by atoms with Gasteiger partial charge in [0.05, 0.1) is 23.0 Å². The van der Waals surface area contributed by atoms with Crippen LogP contribution in [0.25, 0.3) is 10.9 Å². The number of amides is 1. The highest BCUT2D eigenvalue weighted by atomic mass is 79.9. The minimum atomic E-state index is -4.69. The fourth-order valence-electron chi connectivity index (χ4n) is 2.73. The molecule has 0 atom stereocenters. The van der Waals surface area contributed by atoms with Crippen LogP contribution in [0.15, 0.2) is 57.2 Å². The summed E-state index contributed by atoms with van der Waals surface area (Å²) in [6, 6.07) is 8.55. The summed E-state index contributed by atoms with van der Waals surface area (Å²) in [5.41, 5.74) is -0.944. The van der Waals surface area contributed by atoms with Crippen molar-refractivity contribution in [3.63, 3.8) is 0 Å². The minimum Gasteiger partial charge on any atom is -0.493 e. The number of aromatic amines is 1. The summed E-state index contributed by atoms with van der Waals surface area (Å²) in [7, 11) is -4.11. The van der Waals surface area contributed by atoms with Crippen LogP contribution in [0.3, 0.4) is 0 Å². The monoisotopic (exact) mass is 518 g/mol. The van der Waals surface area contributed by atoms with Gasteiger partial charge in [-0.05, 0) is 36.4 Å². The van der Waals surface area contributed by atoms with Gasteiger partial charge in [0.15, 0.2) is 5.69 Å². The molecule has 0 spiro atoms. The van der Waals surface area contributed by atoms with Gasteiger partial charge in [-0.3, -0.25) is 9.10 Å². The van der Waals surface area contributed by atoms with Gasteiger partial charge in [-0.1, -0.05) is 22.0 Å². The van der Waals surface area contributed by atoms with Gasteiger partial charge in [0.1, 0.15) is 6.54 Å². The number of alkyl halides is 3. The molecule has 0 bridgehead atoms. The molecule has 1 aromatic heterocycles. The number of benzene rings is 2. The van der Waals surface area contributed by atoms with Gasteiger partial charge in [0, 0.05) is 9.86 Å². The molecule has 3 rings (SSSR count). The summed E-state index contributed by atoms with van der Waals surface area (Å²) in [5.74, 6) is -1.41. The van der Waals surface area contributed by atoms with Crippen LogP contribution < -0.4 is 4.31 Å². The number of nitrogens with zero attached hydrogens (tertiary/aromatic N) is 3. The number of aromatic nitrogens is 1. The quantitative estimate of drug-likeness (QED) is 0.475. The van der Waals surface area contributed by atoms with E-state index in [4.69, 9.17) is 0 Å². The number of aromatic hydroxyl groups is 1. The second kappa shape index (κ2) is 8.30. The number of sulfonamides is 1. The van der Waals surface area contributed by atoms with E-state index in [9.17, 15) is 31.5 Å². The van der Waals surface area contributed by atoms with Crippen LogP contribution in [0.5, 0.6) is 5.88 Å². The van der Waals surface area contributed by atoms with Gasteiger partial charge in [-0.25, -0.2) is 8.42 Å². The van der Waals surface area contributed by atoms with Crippen molar-refractivity contribution in [3.05, 3.63) is 52.5 Å². The molecule has 0 saturated carbocycles. The Bertz CT molecular complexity index is 1290. The second-order valence-electron chi connectivity index (χ2n) is 6.42. The van der Waals surface area contributed by atoms with E-state index in [1.165, 1.54) is 0 Å². The molecule has 2 N–H and O–H groups in total. The van der Waals surface area contributed by atoms with Gasteiger partial charge >= 0.3 is 6.18 Å². The van der Waals surface area contributed by atoms with Crippen LogP contribution in [0.2, 0.25) is 0 Å². The Balaban J connectivity index is 1.90. The second-order valence-corrected chi connectivity index (χ2v) is 9.25. The zero-order chi connectivity index (χ0) is 23.0. The van der Waals surface area contributed by atoms with Gasteiger partial charge in [-0.15, -0.1) is 10.2 Å². The van der Waals surface area contributed by atoms with E-state index in [0.29, 0.717) is 25.7 Å². The standard InChI is InChI=1S/C18H14BrF3N4O4S/c1-31(29,30)26(12-4-2-3-10(7-12)18(20,21)22)9-15(27)24-25-16-13-8-11(19)5-6-14(13)23-17(16)28/h2-8,23,28H,9H2,1H3. The number of fused-ring (bicyclic) bond motifs is 1. The van der Waals surface area contributed by atoms with Gasteiger partial charge in [0.25, 0.3) is 5.91 Å². The molecule has 1 heterocycles. The molecule has 3 aromatic rings. The first-order valence-corrected chi connectivity index (χ1v) is 11.1. The van der Waals surface area contributed by atoms with Crippen molar-refractivity contribution in [2.75, 3.05) is 17.1 Å². The minimum absolute atomic E-state index is 0.0466. The number of rotatable bonds is 5. The summed E-state index contributed by atoms with van der Waals surface area (Å²) >= 11 is 3.27. The summed E-state index contributed by atoms with van der Waals surface area (Å²) in [4.78, 5) is 14.9. The van der Waals surface area contributed by atoms with Gasteiger partial charge in [0.2, 0.25) is 15.9 Å².